The van der Waals surface area contributed by atoms with E-state index in [0.717, 1.165) is 0 Å². The quantitative estimate of drug-likeness (QED) is 0.458. The molecule has 2 aromatic rings. The van der Waals surface area contributed by atoms with Gasteiger partial charge < -0.3 is 29.6 Å². The van der Waals surface area contributed by atoms with Crippen molar-refractivity contribution in [1.29, 1.82) is 0 Å². The fraction of sp³-hybridized carbons (Fsp3) is 0.500. The van der Waals surface area contributed by atoms with Gasteiger partial charge in [0, 0.05) is 7.11 Å². The second kappa shape index (κ2) is 6.55. The minimum absolute atomic E-state index is 0.0568. The number of ether oxygens (including phenoxy) is 2. The van der Waals surface area contributed by atoms with Crippen molar-refractivity contribution in [2.24, 2.45) is 0 Å². The summed E-state index contributed by atoms with van der Waals surface area (Å²) in [5.74, 6) is -0.0568. The molecule has 2 heterocycles. The van der Waals surface area contributed by atoms with E-state index in [1.165, 1.54) is 18.0 Å². The average Bonchev–Trinajstić information content (AvgIpc) is 2.79. The number of hydrogen-bond acceptors (Lipinski definition) is 7. The predicted octanol–water partition coefficient (Wildman–Crippen LogP) is -1.13. The smallest absolute Gasteiger partial charge is 0.350 e. The van der Waals surface area contributed by atoms with Crippen LogP contribution in [0.5, 0.6) is 0 Å². The lowest BCUT2D eigenvalue weighted by Gasteiger charge is -2.18. The zero-order chi connectivity index (χ0) is 16.3. The molecule has 0 unspecified atom stereocenters. The molecule has 0 fully saturated rings. The van der Waals surface area contributed by atoms with E-state index in [4.69, 9.17) is 25.0 Å². The summed E-state index contributed by atoms with van der Waals surface area (Å²) in [6.07, 6.45) is -0.0167. The summed E-state index contributed by atoms with van der Waals surface area (Å²) in [4.78, 5) is 39.6. The summed E-state index contributed by atoms with van der Waals surface area (Å²) in [5, 5.41) is 0. The molecule has 2 aromatic heterocycles. The Morgan fingerprint density at radius 1 is 1.55 bits per heavy atom. The predicted molar refractivity (Wildman–Crippen MR) is 76.2 cm³/mol. The molecule has 2 rings (SSSR count). The van der Waals surface area contributed by atoms with Gasteiger partial charge in [-0.05, 0) is 0 Å². The number of aromatic amines is 1. The Morgan fingerprint density at radius 3 is 2.91 bits per heavy atom. The Kier molecular flexibility index (Phi) is 4.94. The summed E-state index contributed by atoms with van der Waals surface area (Å²) in [7, 11) is -2.86. The molecular formula is C10H16N5O6P. The summed E-state index contributed by atoms with van der Waals surface area (Å²) in [6.45, 7) is 0.235. The zero-order valence-electron chi connectivity index (χ0n) is 11.7. The van der Waals surface area contributed by atoms with Crippen molar-refractivity contribution in [3.63, 3.8) is 0 Å². The molecule has 122 valence electrons. The zero-order valence-corrected chi connectivity index (χ0v) is 12.6. The van der Waals surface area contributed by atoms with Crippen LogP contribution in [0.4, 0.5) is 5.95 Å². The Morgan fingerprint density at radius 2 is 2.27 bits per heavy atom. The highest BCUT2D eigenvalue weighted by atomic mass is 31.2. The van der Waals surface area contributed by atoms with Gasteiger partial charge in [-0.3, -0.25) is 14.3 Å². The highest BCUT2D eigenvalue weighted by Crippen LogP contribution is 2.34. The van der Waals surface area contributed by atoms with Crippen LogP contribution in [0.3, 0.4) is 0 Å². The highest BCUT2D eigenvalue weighted by molar-refractivity contribution is 7.51. The van der Waals surface area contributed by atoms with E-state index in [0.29, 0.717) is 0 Å². The number of methoxy groups -OCH3 is 1. The van der Waals surface area contributed by atoms with Crippen molar-refractivity contribution in [2.45, 2.75) is 12.6 Å². The fourth-order valence-electron chi connectivity index (χ4n) is 1.87. The van der Waals surface area contributed by atoms with Gasteiger partial charge in [0.15, 0.2) is 11.2 Å². The van der Waals surface area contributed by atoms with Gasteiger partial charge in [-0.2, -0.15) is 4.98 Å². The van der Waals surface area contributed by atoms with Crippen molar-refractivity contribution < 1.29 is 23.8 Å². The molecule has 0 spiro atoms. The van der Waals surface area contributed by atoms with E-state index in [-0.39, 0.29) is 30.3 Å². The Labute approximate surface area is 124 Å². The van der Waals surface area contributed by atoms with Crippen LogP contribution in [0.1, 0.15) is 0 Å². The van der Waals surface area contributed by atoms with Gasteiger partial charge in [-0.25, -0.2) is 4.98 Å². The largest absolute Gasteiger partial charge is 0.382 e. The average molecular weight is 333 g/mol. The van der Waals surface area contributed by atoms with Crippen LogP contribution in [-0.2, 0) is 20.6 Å². The molecule has 0 aliphatic rings. The van der Waals surface area contributed by atoms with Gasteiger partial charge in [0.25, 0.3) is 5.56 Å². The molecule has 0 aromatic carbocycles. The monoisotopic (exact) mass is 333 g/mol. The van der Waals surface area contributed by atoms with E-state index in [1.807, 2.05) is 0 Å². The molecule has 5 N–H and O–H groups in total. The van der Waals surface area contributed by atoms with Crippen molar-refractivity contribution in [2.75, 3.05) is 25.8 Å². The lowest BCUT2D eigenvalue weighted by atomic mass is 10.3. The van der Waals surface area contributed by atoms with Gasteiger partial charge in [0.2, 0.25) is 5.95 Å². The van der Waals surface area contributed by atoms with Crippen LogP contribution in [-0.4, -0.2) is 55.5 Å². The molecule has 1 atom stereocenters. The molecule has 0 radical (unpaired) electrons. The van der Waals surface area contributed by atoms with E-state index in [9.17, 15) is 9.36 Å². The van der Waals surface area contributed by atoms with E-state index in [1.54, 1.807) is 0 Å². The Balaban J connectivity index is 2.23. The standard InChI is InChI=1S/C10H16N5O6P/c1-20-3-6(21-5-22(17,18)19)2-15-4-12-7-8(15)13-10(11)14-9(7)16/h4,6H,2-3,5H2,1H3,(H2,17,18,19)(H3,11,13,14,16)/t6-/m1/s1. The molecule has 0 saturated heterocycles. The number of nitrogen functional groups attached to an aromatic ring is 1. The number of imidazole rings is 1. The first kappa shape index (κ1) is 16.6. The number of nitrogens with two attached hydrogens (primary N) is 1. The first-order valence-electron chi connectivity index (χ1n) is 6.16. The maximum atomic E-state index is 11.7. The topological polar surface area (TPSA) is 166 Å². The minimum Gasteiger partial charge on any atom is -0.382 e. The molecule has 0 amide bonds. The third-order valence-electron chi connectivity index (χ3n) is 2.72. The van der Waals surface area contributed by atoms with Crippen LogP contribution in [0, 0.1) is 0 Å². The second-order valence-corrected chi connectivity index (χ2v) is 6.15. The number of hydrogen-bond donors (Lipinski definition) is 4. The molecule has 12 heteroatoms. The Hall–Kier alpha value is -1.78. The van der Waals surface area contributed by atoms with Crippen molar-refractivity contribution in [3.05, 3.63) is 16.7 Å². The lowest BCUT2D eigenvalue weighted by molar-refractivity contribution is 0.00416. The number of nitrogens with zero attached hydrogens (tertiary/aromatic N) is 3. The molecule has 0 saturated carbocycles. The van der Waals surface area contributed by atoms with E-state index < -0.39 is 25.6 Å². The van der Waals surface area contributed by atoms with Crippen LogP contribution in [0.25, 0.3) is 11.2 Å². The fourth-order valence-corrected chi connectivity index (χ4v) is 2.27. The summed E-state index contributed by atoms with van der Waals surface area (Å²) in [5.41, 5.74) is 5.38. The summed E-state index contributed by atoms with van der Waals surface area (Å²) < 4.78 is 22.5. The molecule has 22 heavy (non-hydrogen) atoms. The number of fused-ring (bicyclic) bond motifs is 1. The van der Waals surface area contributed by atoms with Crippen LogP contribution in [0.2, 0.25) is 0 Å². The van der Waals surface area contributed by atoms with Gasteiger partial charge in [-0.1, -0.05) is 0 Å². The molecular weight excluding hydrogens is 317 g/mol. The molecule has 0 bridgehead atoms. The number of H-pyrrole nitrogens is 1. The normalized spacial score (nSPS) is 13.6. The van der Waals surface area contributed by atoms with Gasteiger partial charge in [0.1, 0.15) is 6.35 Å². The highest BCUT2D eigenvalue weighted by Gasteiger charge is 2.20. The summed E-state index contributed by atoms with van der Waals surface area (Å²) >= 11 is 0. The molecule has 11 nitrogen and oxygen atoms in total. The van der Waals surface area contributed by atoms with Crippen molar-refractivity contribution >= 4 is 24.7 Å². The lowest BCUT2D eigenvalue weighted by Crippen LogP contribution is -2.26. The maximum Gasteiger partial charge on any atom is 0.350 e. The third kappa shape index (κ3) is 4.12. The summed E-state index contributed by atoms with van der Waals surface area (Å²) in [6, 6.07) is 0. The molecule has 0 aliphatic heterocycles. The number of rotatable bonds is 7. The SMILES string of the molecule is COC[C@@H](Cn1cnc2c(=O)[nH]c(N)nc21)OCP(=O)(O)O. The number of aromatic nitrogens is 4. The van der Waals surface area contributed by atoms with Crippen LogP contribution >= 0.6 is 7.60 Å². The third-order valence-corrected chi connectivity index (χ3v) is 3.21. The van der Waals surface area contributed by atoms with Crippen LogP contribution in [0.15, 0.2) is 11.1 Å². The second-order valence-electron chi connectivity index (χ2n) is 4.56. The van der Waals surface area contributed by atoms with Crippen molar-refractivity contribution in [3.8, 4) is 0 Å². The van der Waals surface area contributed by atoms with Gasteiger partial charge >= 0.3 is 7.60 Å². The Bertz CT molecular complexity index is 752. The minimum atomic E-state index is -4.29. The number of nitrogens with one attached hydrogen (secondary N) is 1. The first-order chi connectivity index (χ1) is 10.3. The van der Waals surface area contributed by atoms with E-state index in [2.05, 4.69) is 15.0 Å². The van der Waals surface area contributed by atoms with Gasteiger partial charge in [0.05, 0.1) is 25.6 Å². The van der Waals surface area contributed by atoms with Gasteiger partial charge in [-0.15, -0.1) is 0 Å². The van der Waals surface area contributed by atoms with Crippen molar-refractivity contribution in [1.82, 2.24) is 19.5 Å². The van der Waals surface area contributed by atoms with E-state index >= 15 is 0 Å². The maximum absolute atomic E-state index is 11.7. The van der Waals surface area contributed by atoms with Crippen LogP contribution < -0.4 is 11.3 Å². The number of anilines is 1. The first-order valence-corrected chi connectivity index (χ1v) is 7.95. The molecule has 0 aliphatic carbocycles.